The van der Waals surface area contributed by atoms with Gasteiger partial charge in [0.25, 0.3) is 0 Å². The van der Waals surface area contributed by atoms with Crippen molar-refractivity contribution in [2.24, 2.45) is 5.41 Å². The summed E-state index contributed by atoms with van der Waals surface area (Å²) in [5.74, 6) is 0. The van der Waals surface area contributed by atoms with Crippen LogP contribution in [-0.2, 0) is 6.42 Å². The fourth-order valence-corrected chi connectivity index (χ4v) is 2.76. The van der Waals surface area contributed by atoms with Crippen molar-refractivity contribution in [2.45, 2.75) is 46.5 Å². The molecule has 1 aromatic rings. The number of nitrogen functional groups attached to an aromatic ring is 1. The van der Waals surface area contributed by atoms with Crippen LogP contribution in [0, 0.1) is 5.41 Å². The summed E-state index contributed by atoms with van der Waals surface area (Å²) in [5, 5.41) is 0. The summed E-state index contributed by atoms with van der Waals surface area (Å²) in [7, 11) is 0. The zero-order chi connectivity index (χ0) is 13.2. The minimum Gasteiger partial charge on any atom is -0.398 e. The predicted octanol–water partition coefficient (Wildman–Crippen LogP) is 3.85. The Hall–Kier alpha value is -1.18. The zero-order valence-electron chi connectivity index (χ0n) is 12.0. The van der Waals surface area contributed by atoms with E-state index in [2.05, 4.69) is 37.8 Å². The molecule has 0 amide bonds. The van der Waals surface area contributed by atoms with Crippen molar-refractivity contribution in [3.05, 3.63) is 23.8 Å². The van der Waals surface area contributed by atoms with Gasteiger partial charge in [0.05, 0.1) is 0 Å². The topological polar surface area (TPSA) is 29.3 Å². The summed E-state index contributed by atoms with van der Waals surface area (Å²) in [6.45, 7) is 9.29. The summed E-state index contributed by atoms with van der Waals surface area (Å²) in [6.07, 6.45) is 4.91. The number of anilines is 2. The van der Waals surface area contributed by atoms with Crippen molar-refractivity contribution in [3.63, 3.8) is 0 Å². The SMILES string of the molecule is CC(C)(C)CCCN1CCCc2c(N)cccc21. The van der Waals surface area contributed by atoms with E-state index in [0.29, 0.717) is 5.41 Å². The molecule has 0 atom stereocenters. The van der Waals surface area contributed by atoms with Crippen molar-refractivity contribution in [3.8, 4) is 0 Å². The van der Waals surface area contributed by atoms with Crippen molar-refractivity contribution in [1.29, 1.82) is 0 Å². The van der Waals surface area contributed by atoms with Crippen molar-refractivity contribution in [1.82, 2.24) is 0 Å². The van der Waals surface area contributed by atoms with E-state index >= 15 is 0 Å². The quantitative estimate of drug-likeness (QED) is 0.821. The minimum absolute atomic E-state index is 0.439. The van der Waals surface area contributed by atoms with E-state index in [1.54, 1.807) is 0 Å². The van der Waals surface area contributed by atoms with E-state index in [9.17, 15) is 0 Å². The number of fused-ring (bicyclic) bond motifs is 1. The molecule has 0 aromatic heterocycles. The Morgan fingerprint density at radius 1 is 1.28 bits per heavy atom. The average molecular weight is 246 g/mol. The molecule has 0 saturated heterocycles. The molecule has 1 heterocycles. The highest BCUT2D eigenvalue weighted by molar-refractivity contribution is 5.66. The first kappa shape index (κ1) is 13.3. The second-order valence-corrected chi connectivity index (χ2v) is 6.60. The van der Waals surface area contributed by atoms with Gasteiger partial charge in [-0.3, -0.25) is 0 Å². The fraction of sp³-hybridized carbons (Fsp3) is 0.625. The molecule has 2 nitrogen and oxygen atoms in total. The average Bonchev–Trinajstić information content (AvgIpc) is 2.29. The lowest BCUT2D eigenvalue weighted by atomic mass is 9.90. The first-order valence-electron chi connectivity index (χ1n) is 7.10. The van der Waals surface area contributed by atoms with Crippen LogP contribution in [0.3, 0.4) is 0 Å². The van der Waals surface area contributed by atoms with Gasteiger partial charge in [-0.15, -0.1) is 0 Å². The molecule has 0 saturated carbocycles. The number of hydrogen-bond acceptors (Lipinski definition) is 2. The molecule has 0 unspecified atom stereocenters. The monoisotopic (exact) mass is 246 g/mol. The summed E-state index contributed by atoms with van der Waals surface area (Å²) in [6, 6.07) is 6.33. The number of nitrogens with zero attached hydrogens (tertiary/aromatic N) is 1. The molecule has 1 aliphatic heterocycles. The first-order valence-corrected chi connectivity index (χ1v) is 7.10. The third-order valence-corrected chi connectivity index (χ3v) is 3.74. The van der Waals surface area contributed by atoms with Gasteiger partial charge in [0.15, 0.2) is 0 Å². The van der Waals surface area contributed by atoms with Gasteiger partial charge in [-0.1, -0.05) is 26.8 Å². The van der Waals surface area contributed by atoms with Gasteiger partial charge < -0.3 is 10.6 Å². The number of nitrogens with two attached hydrogens (primary N) is 1. The molecule has 2 N–H and O–H groups in total. The van der Waals surface area contributed by atoms with Crippen LogP contribution in [0.15, 0.2) is 18.2 Å². The van der Waals surface area contributed by atoms with Crippen molar-refractivity contribution in [2.75, 3.05) is 23.7 Å². The Morgan fingerprint density at radius 3 is 2.78 bits per heavy atom. The van der Waals surface area contributed by atoms with E-state index in [0.717, 1.165) is 18.7 Å². The fourth-order valence-electron chi connectivity index (χ4n) is 2.76. The van der Waals surface area contributed by atoms with Gasteiger partial charge in [-0.2, -0.15) is 0 Å². The van der Waals surface area contributed by atoms with E-state index in [-0.39, 0.29) is 0 Å². The molecular weight excluding hydrogens is 220 g/mol. The van der Waals surface area contributed by atoms with Crippen LogP contribution >= 0.6 is 0 Å². The normalized spacial score (nSPS) is 15.6. The lowest BCUT2D eigenvalue weighted by Gasteiger charge is -2.32. The zero-order valence-corrected chi connectivity index (χ0v) is 12.0. The molecule has 0 fully saturated rings. The number of benzene rings is 1. The van der Waals surface area contributed by atoms with Gasteiger partial charge in [0.2, 0.25) is 0 Å². The van der Waals surface area contributed by atoms with Crippen LogP contribution in [0.4, 0.5) is 11.4 Å². The maximum absolute atomic E-state index is 6.07. The van der Waals surface area contributed by atoms with E-state index < -0.39 is 0 Å². The van der Waals surface area contributed by atoms with Crippen LogP contribution in [0.5, 0.6) is 0 Å². The van der Waals surface area contributed by atoms with Crippen LogP contribution in [0.2, 0.25) is 0 Å². The molecule has 0 aliphatic carbocycles. The lowest BCUT2D eigenvalue weighted by Crippen LogP contribution is -2.31. The second-order valence-electron chi connectivity index (χ2n) is 6.60. The molecule has 1 aromatic carbocycles. The molecule has 2 rings (SSSR count). The van der Waals surface area contributed by atoms with Crippen LogP contribution in [0.25, 0.3) is 0 Å². The molecule has 0 bridgehead atoms. The molecule has 18 heavy (non-hydrogen) atoms. The third kappa shape index (κ3) is 3.18. The number of rotatable bonds is 3. The second kappa shape index (κ2) is 5.21. The van der Waals surface area contributed by atoms with Gasteiger partial charge in [-0.25, -0.2) is 0 Å². The molecule has 0 spiro atoms. The Labute approximate surface area is 111 Å². The summed E-state index contributed by atoms with van der Waals surface area (Å²) in [4.78, 5) is 2.51. The van der Waals surface area contributed by atoms with Gasteiger partial charge in [0, 0.05) is 24.5 Å². The van der Waals surface area contributed by atoms with E-state index in [1.165, 1.54) is 37.1 Å². The molecule has 1 aliphatic rings. The Balaban J connectivity index is 2.02. The molecule has 0 radical (unpaired) electrons. The van der Waals surface area contributed by atoms with Crippen molar-refractivity contribution < 1.29 is 0 Å². The van der Waals surface area contributed by atoms with Crippen LogP contribution < -0.4 is 10.6 Å². The van der Waals surface area contributed by atoms with Crippen LogP contribution in [0.1, 0.15) is 45.6 Å². The summed E-state index contributed by atoms with van der Waals surface area (Å²) >= 11 is 0. The molecular formula is C16H26N2. The van der Waals surface area contributed by atoms with Gasteiger partial charge in [-0.05, 0) is 48.8 Å². The highest BCUT2D eigenvalue weighted by Gasteiger charge is 2.18. The first-order chi connectivity index (χ1) is 8.47. The Bertz CT molecular complexity index is 404. The summed E-state index contributed by atoms with van der Waals surface area (Å²) < 4.78 is 0. The summed E-state index contributed by atoms with van der Waals surface area (Å²) in [5.41, 5.74) is 10.2. The smallest absolute Gasteiger partial charge is 0.0419 e. The molecule has 2 heteroatoms. The minimum atomic E-state index is 0.439. The Kier molecular flexibility index (Phi) is 3.84. The third-order valence-electron chi connectivity index (χ3n) is 3.74. The highest BCUT2D eigenvalue weighted by atomic mass is 15.1. The standard InChI is InChI=1S/C16H26N2/c1-16(2,3)10-6-12-18-11-5-7-13-14(17)8-4-9-15(13)18/h4,8-9H,5-7,10-12,17H2,1-3H3. The van der Waals surface area contributed by atoms with Crippen molar-refractivity contribution >= 4 is 11.4 Å². The number of hydrogen-bond donors (Lipinski definition) is 1. The lowest BCUT2D eigenvalue weighted by molar-refractivity contribution is 0.365. The predicted molar refractivity (Wildman–Crippen MR) is 80.1 cm³/mol. The van der Waals surface area contributed by atoms with Gasteiger partial charge >= 0.3 is 0 Å². The maximum atomic E-state index is 6.07. The van der Waals surface area contributed by atoms with Gasteiger partial charge in [0.1, 0.15) is 0 Å². The Morgan fingerprint density at radius 2 is 2.06 bits per heavy atom. The largest absolute Gasteiger partial charge is 0.398 e. The van der Waals surface area contributed by atoms with Crippen LogP contribution in [-0.4, -0.2) is 13.1 Å². The highest BCUT2D eigenvalue weighted by Crippen LogP contribution is 2.32. The molecule has 100 valence electrons. The van der Waals surface area contributed by atoms with E-state index in [4.69, 9.17) is 5.73 Å². The maximum Gasteiger partial charge on any atom is 0.0419 e. The van der Waals surface area contributed by atoms with E-state index in [1.807, 2.05) is 6.07 Å².